The standard InChI is InChI=1S/C51H59BCl2N8O7S/c1-25(2)43(39-17-26(3)60-68-39)48(66)61-24-35(63)21-38(61)47(65)56-23-31-11-14-34(54)20-36(31)52-67-41-19-32-18-40(50(32,7)8)51(41,69-52)15-16-55-42(64)22-37-46-59-58-29(6)62(46)49-44(27(4)28(5)70-49)45(57-37)30-9-12-33(53)13-10-30/h9-14,17,20,25,32,35,37-38,40-41,43,63H,15-16,18-19,21-24H2,1-8H3,(H,55,64)(H,56,65)/t32-,35-,37+,38+,40-,41+,43?,51-/m1/s1. The van der Waals surface area contributed by atoms with E-state index in [1.54, 1.807) is 30.4 Å². The largest absolute Gasteiger partial charge is 0.495 e. The van der Waals surface area contributed by atoms with E-state index < -0.39 is 36.8 Å². The topological polar surface area (TPSA) is 186 Å². The summed E-state index contributed by atoms with van der Waals surface area (Å²) in [5.74, 6) is 0.736. The van der Waals surface area contributed by atoms with Crippen molar-refractivity contribution < 1.29 is 33.3 Å². The first-order valence-electron chi connectivity index (χ1n) is 24.3. The van der Waals surface area contributed by atoms with Gasteiger partial charge in [-0.1, -0.05) is 74.3 Å². The van der Waals surface area contributed by atoms with Crippen LogP contribution in [0.15, 0.2) is 58.0 Å². The summed E-state index contributed by atoms with van der Waals surface area (Å²) < 4.78 is 21.7. The number of aliphatic imine (C=N–C) groups is 1. The monoisotopic (exact) mass is 1010 g/mol. The van der Waals surface area contributed by atoms with Crippen molar-refractivity contribution in [1.29, 1.82) is 0 Å². The van der Waals surface area contributed by atoms with Crippen LogP contribution in [0.5, 0.6) is 0 Å². The maximum atomic E-state index is 14.2. The molecule has 11 rings (SSSR count). The minimum absolute atomic E-state index is 0.00861. The third kappa shape index (κ3) is 8.51. The fourth-order valence-corrected chi connectivity index (χ4v) is 13.5. The van der Waals surface area contributed by atoms with Crippen LogP contribution in [0, 0.1) is 50.9 Å². The van der Waals surface area contributed by atoms with Crippen molar-refractivity contribution in [1.82, 2.24) is 35.5 Å². The molecule has 6 heterocycles. The minimum Gasteiger partial charge on any atom is -0.401 e. The smallest absolute Gasteiger partial charge is 0.401 e. The number of β-amino-alcohol motifs (C(OH)–C–C–N with tert-alkyl or cyclic N) is 1. The normalized spacial score (nSPS) is 25.7. The molecule has 3 N–H and O–H groups in total. The molecule has 6 aliphatic rings. The fourth-order valence-electron chi connectivity index (χ4n) is 11.9. The van der Waals surface area contributed by atoms with Gasteiger partial charge < -0.3 is 34.5 Å². The first-order chi connectivity index (χ1) is 33.3. The van der Waals surface area contributed by atoms with E-state index in [1.807, 2.05) is 61.7 Å². The number of carbonyl (C=O) groups is 3. The number of aliphatic hydroxyl groups is 1. The number of aliphatic hydroxyl groups excluding tert-OH is 1. The number of benzene rings is 2. The number of halogens is 2. The fraction of sp³-hybridized carbons (Fsp3) is 0.510. The molecule has 0 spiro atoms. The van der Waals surface area contributed by atoms with Crippen molar-refractivity contribution in [3.8, 4) is 5.00 Å². The molecule has 2 bridgehead atoms. The number of nitrogens with zero attached hydrogens (tertiary/aromatic N) is 6. The average Bonchev–Trinajstić information content (AvgIpc) is 4.14. The highest BCUT2D eigenvalue weighted by Crippen LogP contribution is 2.66. The Morgan fingerprint density at radius 2 is 1.74 bits per heavy atom. The number of amides is 3. The second-order valence-corrected chi connectivity index (χ2v) is 22.9. The summed E-state index contributed by atoms with van der Waals surface area (Å²) in [6.07, 6.45) is 1.37. The van der Waals surface area contributed by atoms with Crippen LogP contribution in [0.4, 0.5) is 0 Å². The van der Waals surface area contributed by atoms with Gasteiger partial charge in [0.1, 0.15) is 34.6 Å². The Morgan fingerprint density at radius 1 is 0.986 bits per heavy atom. The van der Waals surface area contributed by atoms with Crippen LogP contribution in [0.1, 0.15) is 122 Å². The summed E-state index contributed by atoms with van der Waals surface area (Å²) in [6.45, 7) is 16.8. The van der Waals surface area contributed by atoms with Gasteiger partial charge in [-0.2, -0.15) is 0 Å². The molecule has 0 radical (unpaired) electrons. The molecule has 8 atom stereocenters. The number of likely N-dealkylation sites (tertiary alicyclic amines) is 1. The summed E-state index contributed by atoms with van der Waals surface area (Å²) >= 11 is 14.7. The van der Waals surface area contributed by atoms with Crippen molar-refractivity contribution in [2.75, 3.05) is 13.1 Å². The highest BCUT2D eigenvalue weighted by molar-refractivity contribution is 7.15. The Labute approximate surface area is 422 Å². The van der Waals surface area contributed by atoms with E-state index in [0.717, 1.165) is 51.6 Å². The van der Waals surface area contributed by atoms with Gasteiger partial charge in [0, 0.05) is 58.2 Å². The van der Waals surface area contributed by atoms with Crippen LogP contribution >= 0.6 is 34.5 Å². The van der Waals surface area contributed by atoms with Gasteiger partial charge in [0.15, 0.2) is 5.82 Å². The van der Waals surface area contributed by atoms with E-state index >= 15 is 0 Å². The van der Waals surface area contributed by atoms with Gasteiger partial charge in [-0.25, -0.2) is 0 Å². The van der Waals surface area contributed by atoms with Crippen molar-refractivity contribution in [3.63, 3.8) is 0 Å². The molecule has 3 aliphatic carbocycles. The molecule has 3 aromatic heterocycles. The third-order valence-electron chi connectivity index (χ3n) is 15.9. The SMILES string of the molecule is Cc1cc(C(C(=O)N2C[C@H](O)C[C@H]2C(=O)NCc2ccc(Cl)cc2B2O[C@H]3C[C@H]4C[C@H](C4(C)C)[C@@]3(CCNC(=O)C[C@@H]3N=C(c4ccc(Cl)cc4)c4c(sc(C)c4C)-n4c(C)nnc43)O2)C(C)C)on1. The summed E-state index contributed by atoms with van der Waals surface area (Å²) in [7, 11) is -0.792. The number of fused-ring (bicyclic) bond motifs is 3. The molecule has 2 saturated heterocycles. The van der Waals surface area contributed by atoms with Gasteiger partial charge in [-0.05, 0) is 111 Å². The van der Waals surface area contributed by atoms with Gasteiger partial charge in [0.25, 0.3) is 0 Å². The van der Waals surface area contributed by atoms with Crippen LogP contribution in [0.2, 0.25) is 10.0 Å². The van der Waals surface area contributed by atoms with Crippen molar-refractivity contribution in [2.45, 2.75) is 130 Å². The average molecular weight is 1010 g/mol. The molecule has 19 heteroatoms. The predicted molar refractivity (Wildman–Crippen MR) is 268 cm³/mol. The van der Waals surface area contributed by atoms with Gasteiger partial charge in [-0.3, -0.25) is 23.9 Å². The molecule has 2 aromatic carbocycles. The Balaban J connectivity index is 0.856. The summed E-state index contributed by atoms with van der Waals surface area (Å²) in [6, 6.07) is 13.3. The molecule has 1 unspecified atom stereocenters. The van der Waals surface area contributed by atoms with Crippen LogP contribution in [0.3, 0.4) is 0 Å². The van der Waals surface area contributed by atoms with Crippen LogP contribution in [-0.2, 0) is 30.2 Å². The molecule has 70 heavy (non-hydrogen) atoms. The molecule has 3 saturated carbocycles. The highest BCUT2D eigenvalue weighted by Gasteiger charge is 2.69. The summed E-state index contributed by atoms with van der Waals surface area (Å²) in [4.78, 5) is 50.2. The maximum Gasteiger partial charge on any atom is 0.495 e. The molecule has 5 aromatic rings. The zero-order valence-electron chi connectivity index (χ0n) is 40.7. The number of nitrogens with one attached hydrogen (secondary N) is 2. The number of rotatable bonds is 13. The lowest BCUT2D eigenvalue weighted by Crippen LogP contribution is -2.67. The van der Waals surface area contributed by atoms with Gasteiger partial charge in [0.05, 0.1) is 35.6 Å². The van der Waals surface area contributed by atoms with E-state index in [-0.39, 0.29) is 67.0 Å². The number of aryl methyl sites for hydroxylation is 3. The lowest BCUT2D eigenvalue weighted by atomic mass is 9.43. The van der Waals surface area contributed by atoms with Crippen molar-refractivity contribution in [3.05, 3.63) is 109 Å². The predicted octanol–water partition coefficient (Wildman–Crippen LogP) is 7.28. The van der Waals surface area contributed by atoms with Crippen LogP contribution < -0.4 is 16.1 Å². The number of aromatic nitrogens is 4. The second-order valence-electron chi connectivity index (χ2n) is 20.8. The third-order valence-corrected chi connectivity index (χ3v) is 17.5. The zero-order valence-corrected chi connectivity index (χ0v) is 43.0. The van der Waals surface area contributed by atoms with E-state index in [0.29, 0.717) is 51.7 Å². The van der Waals surface area contributed by atoms with E-state index in [9.17, 15) is 19.5 Å². The molecule has 3 aliphatic heterocycles. The molecule has 15 nitrogen and oxygen atoms in total. The minimum atomic E-state index is -0.887. The Kier molecular flexibility index (Phi) is 12.9. The number of hydrogen-bond acceptors (Lipinski definition) is 12. The summed E-state index contributed by atoms with van der Waals surface area (Å²) in [5.41, 5.74) is 5.18. The second kappa shape index (κ2) is 18.6. The zero-order chi connectivity index (χ0) is 49.6. The van der Waals surface area contributed by atoms with Crippen molar-refractivity contribution in [2.24, 2.45) is 28.2 Å². The molecule has 5 fully saturated rings. The maximum absolute atomic E-state index is 14.2. The number of hydrogen-bond donors (Lipinski definition) is 3. The highest BCUT2D eigenvalue weighted by atomic mass is 35.5. The van der Waals surface area contributed by atoms with Crippen molar-refractivity contribution >= 4 is 70.6 Å². The van der Waals surface area contributed by atoms with Gasteiger partial charge >= 0.3 is 7.12 Å². The van der Waals surface area contributed by atoms with Gasteiger partial charge in [0.2, 0.25) is 17.7 Å². The van der Waals surface area contributed by atoms with Gasteiger partial charge in [-0.15, -0.1) is 21.5 Å². The van der Waals surface area contributed by atoms with Crippen LogP contribution in [0.25, 0.3) is 5.00 Å². The molecule has 3 amide bonds. The number of thiophene rings is 1. The lowest BCUT2D eigenvalue weighted by molar-refractivity contribution is -0.209. The quantitative estimate of drug-likeness (QED) is 0.101. The van der Waals surface area contributed by atoms with E-state index in [2.05, 4.69) is 53.7 Å². The summed E-state index contributed by atoms with van der Waals surface area (Å²) in [5, 5.41) is 32.2. The first-order valence-corrected chi connectivity index (χ1v) is 25.9. The number of carbonyl (C=O) groups excluding carboxylic acids is 3. The van der Waals surface area contributed by atoms with E-state index in [4.69, 9.17) is 42.0 Å². The Morgan fingerprint density at radius 3 is 2.46 bits per heavy atom. The Hall–Kier alpha value is -4.91. The molecular formula is C51H59BCl2N8O7S. The first kappa shape index (κ1) is 48.7. The molecular weight excluding hydrogens is 950 g/mol. The lowest BCUT2D eigenvalue weighted by Gasteiger charge is -2.65. The molecule has 368 valence electrons. The van der Waals surface area contributed by atoms with E-state index in [1.165, 1.54) is 9.78 Å². The van der Waals surface area contributed by atoms with Crippen LogP contribution in [-0.4, -0.2) is 97.4 Å². The Bertz CT molecular complexity index is 2900.